The number of hydrogen-bond acceptors (Lipinski definition) is 3. The molecule has 0 aliphatic carbocycles. The molecule has 0 bridgehead atoms. The Balaban J connectivity index is 1.85. The van der Waals surface area contributed by atoms with Gasteiger partial charge in [0.15, 0.2) is 0 Å². The molecule has 0 saturated carbocycles. The molecule has 0 amide bonds. The van der Waals surface area contributed by atoms with Gasteiger partial charge >= 0.3 is 0 Å². The third-order valence-corrected chi connectivity index (χ3v) is 4.01. The largest absolute Gasteiger partial charge is 0.381 e. The molecule has 0 spiro atoms. The Kier molecular flexibility index (Phi) is 4.69. The second-order valence-corrected chi connectivity index (χ2v) is 5.31. The standard InChI is InChI=1S/C13H19NOS/c1-14-8-11-3-2-4-13(7-11)16-10-12-5-6-15-9-12/h2-4,7,12,14H,5-6,8-10H2,1H3. The van der Waals surface area contributed by atoms with Gasteiger partial charge in [-0.15, -0.1) is 11.8 Å². The molecule has 1 heterocycles. The van der Waals surface area contributed by atoms with Gasteiger partial charge in [0.2, 0.25) is 0 Å². The molecular weight excluding hydrogens is 218 g/mol. The first kappa shape index (κ1) is 12.0. The van der Waals surface area contributed by atoms with Gasteiger partial charge in [-0.3, -0.25) is 0 Å². The third-order valence-electron chi connectivity index (χ3n) is 2.79. The van der Waals surface area contributed by atoms with E-state index in [1.807, 2.05) is 18.8 Å². The molecule has 1 aliphatic heterocycles. The van der Waals surface area contributed by atoms with Crippen LogP contribution in [0, 0.1) is 5.92 Å². The Morgan fingerprint density at radius 2 is 2.44 bits per heavy atom. The highest BCUT2D eigenvalue weighted by Crippen LogP contribution is 2.25. The number of rotatable bonds is 5. The molecule has 1 aliphatic rings. The number of ether oxygens (including phenoxy) is 1. The van der Waals surface area contributed by atoms with Gasteiger partial charge in [-0.2, -0.15) is 0 Å². The van der Waals surface area contributed by atoms with Crippen LogP contribution in [0.5, 0.6) is 0 Å². The highest BCUT2D eigenvalue weighted by Gasteiger charge is 2.15. The molecule has 2 nitrogen and oxygen atoms in total. The maximum Gasteiger partial charge on any atom is 0.0503 e. The summed E-state index contributed by atoms with van der Waals surface area (Å²) in [6.07, 6.45) is 1.23. The first-order valence-corrected chi connectivity index (χ1v) is 6.81. The lowest BCUT2D eigenvalue weighted by Crippen LogP contribution is -2.05. The predicted molar refractivity (Wildman–Crippen MR) is 68.9 cm³/mol. The first-order valence-electron chi connectivity index (χ1n) is 5.82. The van der Waals surface area contributed by atoms with E-state index in [9.17, 15) is 0 Å². The van der Waals surface area contributed by atoms with Crippen molar-refractivity contribution in [3.05, 3.63) is 29.8 Å². The van der Waals surface area contributed by atoms with Crippen LogP contribution in [0.3, 0.4) is 0 Å². The Morgan fingerprint density at radius 3 is 3.19 bits per heavy atom. The van der Waals surface area contributed by atoms with E-state index in [4.69, 9.17) is 4.74 Å². The zero-order valence-electron chi connectivity index (χ0n) is 9.74. The van der Waals surface area contributed by atoms with E-state index in [-0.39, 0.29) is 0 Å². The summed E-state index contributed by atoms with van der Waals surface area (Å²) >= 11 is 1.95. The minimum atomic E-state index is 0.748. The van der Waals surface area contributed by atoms with Crippen molar-refractivity contribution in [1.82, 2.24) is 5.32 Å². The van der Waals surface area contributed by atoms with E-state index in [1.54, 1.807) is 0 Å². The number of benzene rings is 1. The van der Waals surface area contributed by atoms with Crippen molar-refractivity contribution < 1.29 is 4.74 Å². The molecule has 16 heavy (non-hydrogen) atoms. The van der Waals surface area contributed by atoms with Crippen molar-refractivity contribution >= 4 is 11.8 Å². The predicted octanol–water partition coefficient (Wildman–Crippen LogP) is 2.53. The first-order chi connectivity index (χ1) is 7.88. The van der Waals surface area contributed by atoms with Crippen LogP contribution in [0.15, 0.2) is 29.2 Å². The SMILES string of the molecule is CNCc1cccc(SCC2CCOC2)c1. The topological polar surface area (TPSA) is 21.3 Å². The molecule has 3 heteroatoms. The van der Waals surface area contributed by atoms with Crippen molar-refractivity contribution in [1.29, 1.82) is 0 Å². The van der Waals surface area contributed by atoms with Gasteiger partial charge in [-0.25, -0.2) is 0 Å². The maximum atomic E-state index is 5.38. The second kappa shape index (κ2) is 6.28. The summed E-state index contributed by atoms with van der Waals surface area (Å²) in [6.45, 7) is 2.84. The quantitative estimate of drug-likeness (QED) is 0.795. The molecule has 1 saturated heterocycles. The lowest BCUT2D eigenvalue weighted by Gasteiger charge is -2.08. The van der Waals surface area contributed by atoms with Crippen molar-refractivity contribution in [2.24, 2.45) is 5.92 Å². The number of thioether (sulfide) groups is 1. The molecule has 1 N–H and O–H groups in total. The maximum absolute atomic E-state index is 5.38. The van der Waals surface area contributed by atoms with E-state index >= 15 is 0 Å². The molecule has 0 radical (unpaired) electrons. The van der Waals surface area contributed by atoms with Crippen LogP contribution in [-0.4, -0.2) is 26.0 Å². The molecule has 1 atom stereocenters. The fraction of sp³-hybridized carbons (Fsp3) is 0.538. The Morgan fingerprint density at radius 1 is 1.50 bits per heavy atom. The smallest absolute Gasteiger partial charge is 0.0503 e. The van der Waals surface area contributed by atoms with E-state index in [0.717, 1.165) is 25.7 Å². The Bertz CT molecular complexity index is 323. The monoisotopic (exact) mass is 237 g/mol. The van der Waals surface area contributed by atoms with Gasteiger partial charge in [-0.05, 0) is 37.1 Å². The second-order valence-electron chi connectivity index (χ2n) is 4.22. The average molecular weight is 237 g/mol. The zero-order valence-corrected chi connectivity index (χ0v) is 10.6. The Labute approximate surface area is 102 Å². The normalized spacial score (nSPS) is 20.2. The van der Waals surface area contributed by atoms with E-state index in [0.29, 0.717) is 0 Å². The molecular formula is C13H19NOS. The van der Waals surface area contributed by atoms with Crippen LogP contribution in [0.4, 0.5) is 0 Å². The zero-order chi connectivity index (χ0) is 11.2. The highest BCUT2D eigenvalue weighted by molar-refractivity contribution is 7.99. The van der Waals surface area contributed by atoms with Crippen LogP contribution in [-0.2, 0) is 11.3 Å². The summed E-state index contributed by atoms with van der Waals surface area (Å²) in [5, 5.41) is 3.18. The summed E-state index contributed by atoms with van der Waals surface area (Å²) in [6, 6.07) is 8.77. The van der Waals surface area contributed by atoms with Crippen molar-refractivity contribution in [3.63, 3.8) is 0 Å². The molecule has 0 aromatic heterocycles. The van der Waals surface area contributed by atoms with Crippen LogP contribution < -0.4 is 5.32 Å². The van der Waals surface area contributed by atoms with Crippen molar-refractivity contribution in [3.8, 4) is 0 Å². The van der Waals surface area contributed by atoms with Crippen LogP contribution in [0.25, 0.3) is 0 Å². The van der Waals surface area contributed by atoms with E-state index < -0.39 is 0 Å². The van der Waals surface area contributed by atoms with Gasteiger partial charge in [0.05, 0.1) is 6.61 Å². The minimum Gasteiger partial charge on any atom is -0.381 e. The van der Waals surface area contributed by atoms with Gasteiger partial charge < -0.3 is 10.1 Å². The third kappa shape index (κ3) is 3.51. The molecule has 88 valence electrons. The Hall–Kier alpha value is -0.510. The molecule has 1 aromatic rings. The average Bonchev–Trinajstić information content (AvgIpc) is 2.80. The van der Waals surface area contributed by atoms with Crippen LogP contribution in [0.2, 0.25) is 0 Å². The van der Waals surface area contributed by atoms with Crippen molar-refractivity contribution in [2.45, 2.75) is 17.9 Å². The van der Waals surface area contributed by atoms with Gasteiger partial charge in [0, 0.05) is 23.8 Å². The molecule has 1 aromatic carbocycles. The van der Waals surface area contributed by atoms with E-state index in [2.05, 4.69) is 29.6 Å². The number of nitrogens with one attached hydrogen (secondary N) is 1. The highest BCUT2D eigenvalue weighted by atomic mass is 32.2. The number of hydrogen-bond donors (Lipinski definition) is 1. The van der Waals surface area contributed by atoms with E-state index in [1.165, 1.54) is 22.6 Å². The van der Waals surface area contributed by atoms with Crippen LogP contribution >= 0.6 is 11.8 Å². The summed E-state index contributed by atoms with van der Waals surface area (Å²) in [5.74, 6) is 1.93. The summed E-state index contributed by atoms with van der Waals surface area (Å²) in [5.41, 5.74) is 1.36. The van der Waals surface area contributed by atoms with Gasteiger partial charge in [-0.1, -0.05) is 12.1 Å². The lowest BCUT2D eigenvalue weighted by atomic mass is 10.2. The van der Waals surface area contributed by atoms with Gasteiger partial charge in [0.1, 0.15) is 0 Å². The fourth-order valence-corrected chi connectivity index (χ4v) is 2.98. The summed E-state index contributed by atoms with van der Waals surface area (Å²) < 4.78 is 5.38. The minimum absolute atomic E-state index is 0.748. The lowest BCUT2D eigenvalue weighted by molar-refractivity contribution is 0.189. The molecule has 1 unspecified atom stereocenters. The summed E-state index contributed by atoms with van der Waals surface area (Å²) in [7, 11) is 1.98. The van der Waals surface area contributed by atoms with Gasteiger partial charge in [0.25, 0.3) is 0 Å². The molecule has 2 rings (SSSR count). The summed E-state index contributed by atoms with van der Waals surface area (Å²) in [4.78, 5) is 1.37. The van der Waals surface area contributed by atoms with Crippen molar-refractivity contribution in [2.75, 3.05) is 26.0 Å². The van der Waals surface area contributed by atoms with Crippen LogP contribution in [0.1, 0.15) is 12.0 Å². The molecule has 1 fully saturated rings. The fourth-order valence-electron chi connectivity index (χ4n) is 1.88.